The van der Waals surface area contributed by atoms with Crippen molar-refractivity contribution in [3.05, 3.63) is 29.8 Å². The van der Waals surface area contributed by atoms with Crippen molar-refractivity contribution in [1.29, 1.82) is 0 Å². The minimum Gasteiger partial charge on any atom is -0.493 e. The Hall–Kier alpha value is -1.79. The first-order chi connectivity index (χ1) is 13.8. The molecule has 154 valence electrons. The van der Waals surface area contributed by atoms with Gasteiger partial charge in [0.05, 0.1) is 19.2 Å². The average Bonchev–Trinajstić information content (AvgIpc) is 3.29. The number of likely N-dealkylation sites (tertiary alicyclic amines) is 1. The highest BCUT2D eigenvalue weighted by Gasteiger charge is 2.39. The Morgan fingerprint density at radius 3 is 2.75 bits per heavy atom. The van der Waals surface area contributed by atoms with E-state index in [4.69, 9.17) is 14.5 Å². The average molecular weight is 387 g/mol. The lowest BCUT2D eigenvalue weighted by molar-refractivity contribution is -0.0139. The zero-order chi connectivity index (χ0) is 19.2. The molecule has 0 saturated carbocycles. The molecule has 3 heterocycles. The highest BCUT2D eigenvalue weighted by Crippen LogP contribution is 2.33. The van der Waals surface area contributed by atoms with Crippen LogP contribution in [0.1, 0.15) is 50.6 Å². The predicted molar refractivity (Wildman–Crippen MR) is 112 cm³/mol. The van der Waals surface area contributed by atoms with Gasteiger partial charge in [-0.3, -0.25) is 9.89 Å². The van der Waals surface area contributed by atoms with Crippen LogP contribution in [0.5, 0.6) is 5.75 Å². The summed E-state index contributed by atoms with van der Waals surface area (Å²) in [6.45, 7) is 8.66. The molecule has 1 aromatic carbocycles. The van der Waals surface area contributed by atoms with E-state index in [1.807, 2.05) is 6.07 Å². The topological polar surface area (TPSA) is 58.1 Å². The first kappa shape index (κ1) is 19.5. The second-order valence-electron chi connectivity index (χ2n) is 8.10. The summed E-state index contributed by atoms with van der Waals surface area (Å²) in [6, 6.07) is 8.56. The van der Waals surface area contributed by atoms with Gasteiger partial charge in [0.25, 0.3) is 0 Å². The van der Waals surface area contributed by atoms with Crippen molar-refractivity contribution in [3.8, 4) is 5.75 Å². The minimum atomic E-state index is 0.157. The van der Waals surface area contributed by atoms with Crippen LogP contribution >= 0.6 is 0 Å². The summed E-state index contributed by atoms with van der Waals surface area (Å²) >= 11 is 0. The van der Waals surface area contributed by atoms with E-state index >= 15 is 0 Å². The number of nitrogens with zero attached hydrogens (tertiary/aromatic N) is 2. The van der Waals surface area contributed by atoms with Crippen molar-refractivity contribution in [2.45, 2.75) is 50.6 Å². The molecule has 1 unspecified atom stereocenters. The number of benzene rings is 1. The van der Waals surface area contributed by atoms with Gasteiger partial charge in [0.2, 0.25) is 0 Å². The van der Waals surface area contributed by atoms with Crippen LogP contribution in [0.3, 0.4) is 0 Å². The number of para-hydroxylation sites is 1. The standard InChI is InChI=1S/C22H34N4O2/c1-2-23-21(25-19-9-14-28-20-8-4-3-7-18(19)20)24-17-22(10-15-27-16-11-22)26-12-5-6-13-26/h3-4,7-8,19H,2,5-6,9-17H2,1H3,(H2,23,24,25). The Morgan fingerprint density at radius 1 is 1.18 bits per heavy atom. The fourth-order valence-electron chi connectivity index (χ4n) is 4.72. The molecule has 6 heteroatoms. The van der Waals surface area contributed by atoms with Crippen molar-refractivity contribution < 1.29 is 9.47 Å². The molecule has 6 nitrogen and oxygen atoms in total. The van der Waals surface area contributed by atoms with E-state index in [1.165, 1.54) is 31.5 Å². The Kier molecular flexibility index (Phi) is 6.37. The molecule has 4 rings (SSSR count). The normalized spacial score (nSPS) is 25.0. The molecule has 3 aliphatic heterocycles. The SMILES string of the molecule is CCNC(=NCC1(N2CCCC2)CCOCC1)NC1CCOc2ccccc21. The van der Waals surface area contributed by atoms with E-state index in [9.17, 15) is 0 Å². The molecule has 0 amide bonds. The molecule has 2 N–H and O–H groups in total. The third kappa shape index (κ3) is 4.28. The number of nitrogens with one attached hydrogen (secondary N) is 2. The maximum absolute atomic E-state index is 5.81. The van der Waals surface area contributed by atoms with Crippen LogP contribution in [0.15, 0.2) is 29.3 Å². The highest BCUT2D eigenvalue weighted by atomic mass is 16.5. The Labute approximate surface area is 168 Å². The molecule has 0 aromatic heterocycles. The number of fused-ring (bicyclic) bond motifs is 1. The summed E-state index contributed by atoms with van der Waals surface area (Å²) in [6.07, 6.45) is 5.73. The summed E-state index contributed by atoms with van der Waals surface area (Å²) in [5.74, 6) is 1.90. The van der Waals surface area contributed by atoms with Gasteiger partial charge < -0.3 is 20.1 Å². The van der Waals surface area contributed by atoms with Crippen molar-refractivity contribution in [2.24, 2.45) is 4.99 Å². The quantitative estimate of drug-likeness (QED) is 0.602. The monoisotopic (exact) mass is 386 g/mol. The highest BCUT2D eigenvalue weighted by molar-refractivity contribution is 5.80. The maximum Gasteiger partial charge on any atom is 0.191 e. The van der Waals surface area contributed by atoms with Crippen LogP contribution < -0.4 is 15.4 Å². The van der Waals surface area contributed by atoms with Crippen LogP contribution in [0.25, 0.3) is 0 Å². The van der Waals surface area contributed by atoms with E-state index < -0.39 is 0 Å². The number of ether oxygens (including phenoxy) is 2. The first-order valence-electron chi connectivity index (χ1n) is 10.9. The minimum absolute atomic E-state index is 0.157. The summed E-state index contributed by atoms with van der Waals surface area (Å²) < 4.78 is 11.5. The molecule has 1 aromatic rings. The molecule has 2 fully saturated rings. The molecule has 0 bridgehead atoms. The van der Waals surface area contributed by atoms with Gasteiger partial charge in [-0.2, -0.15) is 0 Å². The number of hydrogen-bond donors (Lipinski definition) is 2. The molecule has 2 saturated heterocycles. The first-order valence-corrected chi connectivity index (χ1v) is 10.9. The third-order valence-corrected chi connectivity index (χ3v) is 6.35. The van der Waals surface area contributed by atoms with Crippen LogP contribution in [0.4, 0.5) is 0 Å². The van der Waals surface area contributed by atoms with Crippen molar-refractivity contribution in [2.75, 3.05) is 46.0 Å². The van der Waals surface area contributed by atoms with Crippen LogP contribution in [-0.4, -0.2) is 62.4 Å². The van der Waals surface area contributed by atoms with E-state index in [1.54, 1.807) is 0 Å². The summed E-state index contributed by atoms with van der Waals surface area (Å²) in [5, 5.41) is 7.13. The van der Waals surface area contributed by atoms with Crippen molar-refractivity contribution >= 4 is 5.96 Å². The van der Waals surface area contributed by atoms with E-state index in [0.717, 1.165) is 63.9 Å². The molecule has 3 aliphatic rings. The lowest BCUT2D eigenvalue weighted by Gasteiger charge is -2.43. The Morgan fingerprint density at radius 2 is 1.96 bits per heavy atom. The van der Waals surface area contributed by atoms with Gasteiger partial charge in [-0.05, 0) is 51.8 Å². The Balaban J connectivity index is 1.50. The van der Waals surface area contributed by atoms with E-state index in [-0.39, 0.29) is 11.6 Å². The van der Waals surface area contributed by atoms with Gasteiger partial charge in [-0.15, -0.1) is 0 Å². The molecule has 0 spiro atoms. The molecule has 1 atom stereocenters. The largest absolute Gasteiger partial charge is 0.493 e. The van der Waals surface area contributed by atoms with Crippen LogP contribution in [0, 0.1) is 0 Å². The lowest BCUT2D eigenvalue weighted by Crippen LogP contribution is -2.54. The van der Waals surface area contributed by atoms with Crippen LogP contribution in [-0.2, 0) is 4.74 Å². The fourth-order valence-corrected chi connectivity index (χ4v) is 4.72. The number of aliphatic imine (C=N–C) groups is 1. The molecular formula is C22H34N4O2. The van der Waals surface area contributed by atoms with Gasteiger partial charge in [-0.1, -0.05) is 18.2 Å². The lowest BCUT2D eigenvalue weighted by atomic mass is 9.88. The smallest absolute Gasteiger partial charge is 0.191 e. The second kappa shape index (κ2) is 9.14. The number of rotatable bonds is 5. The summed E-state index contributed by atoms with van der Waals surface area (Å²) in [5.41, 5.74) is 1.38. The van der Waals surface area contributed by atoms with Crippen LogP contribution in [0.2, 0.25) is 0 Å². The van der Waals surface area contributed by atoms with Gasteiger partial charge in [-0.25, -0.2) is 0 Å². The zero-order valence-electron chi connectivity index (χ0n) is 17.1. The number of guanidine groups is 1. The summed E-state index contributed by atoms with van der Waals surface area (Å²) in [7, 11) is 0. The molecule has 28 heavy (non-hydrogen) atoms. The molecule has 0 aliphatic carbocycles. The van der Waals surface area contributed by atoms with E-state index in [0.29, 0.717) is 0 Å². The molecule has 0 radical (unpaired) electrons. The maximum atomic E-state index is 5.81. The molecular weight excluding hydrogens is 352 g/mol. The fraction of sp³-hybridized carbons (Fsp3) is 0.682. The Bertz CT molecular complexity index is 666. The van der Waals surface area contributed by atoms with Gasteiger partial charge in [0.1, 0.15) is 5.75 Å². The summed E-state index contributed by atoms with van der Waals surface area (Å²) in [4.78, 5) is 7.75. The zero-order valence-corrected chi connectivity index (χ0v) is 17.1. The van der Waals surface area contributed by atoms with Gasteiger partial charge in [0.15, 0.2) is 5.96 Å². The van der Waals surface area contributed by atoms with Crippen molar-refractivity contribution in [1.82, 2.24) is 15.5 Å². The number of hydrogen-bond acceptors (Lipinski definition) is 4. The van der Waals surface area contributed by atoms with Gasteiger partial charge >= 0.3 is 0 Å². The third-order valence-electron chi connectivity index (χ3n) is 6.35. The van der Waals surface area contributed by atoms with Crippen molar-refractivity contribution in [3.63, 3.8) is 0 Å². The van der Waals surface area contributed by atoms with E-state index in [2.05, 4.69) is 40.7 Å². The second-order valence-corrected chi connectivity index (χ2v) is 8.10. The van der Waals surface area contributed by atoms with Gasteiger partial charge in [0, 0.05) is 37.3 Å². The predicted octanol–water partition coefficient (Wildman–Crippen LogP) is 2.71.